The molecule has 17 heavy (non-hydrogen) atoms. The summed E-state index contributed by atoms with van der Waals surface area (Å²) in [6.07, 6.45) is 8.28. The number of hydrogen-bond donors (Lipinski definition) is 2. The highest BCUT2D eigenvalue weighted by atomic mass is 16.1. The third kappa shape index (κ3) is 2.82. The molecule has 1 aromatic rings. The SMILES string of the molecule is NC(=O)C1(CCCc2ccncc2)CCCN1. The molecule has 0 radical (unpaired) electrons. The van der Waals surface area contributed by atoms with E-state index in [4.69, 9.17) is 5.73 Å². The van der Waals surface area contributed by atoms with E-state index in [2.05, 4.69) is 10.3 Å². The molecule has 1 aliphatic heterocycles. The molecule has 0 bridgehead atoms. The summed E-state index contributed by atoms with van der Waals surface area (Å²) in [4.78, 5) is 15.5. The second-order valence-corrected chi connectivity index (χ2v) is 4.69. The van der Waals surface area contributed by atoms with Crippen LogP contribution < -0.4 is 11.1 Å². The average molecular weight is 233 g/mol. The number of nitrogens with zero attached hydrogens (tertiary/aromatic N) is 1. The monoisotopic (exact) mass is 233 g/mol. The van der Waals surface area contributed by atoms with Crippen molar-refractivity contribution >= 4 is 5.91 Å². The van der Waals surface area contributed by atoms with Gasteiger partial charge in [0.1, 0.15) is 0 Å². The summed E-state index contributed by atoms with van der Waals surface area (Å²) in [5.74, 6) is -0.204. The zero-order valence-electron chi connectivity index (χ0n) is 9.98. The molecule has 1 saturated heterocycles. The Morgan fingerprint density at radius 3 is 2.82 bits per heavy atom. The Labute approximate surface area is 102 Å². The Kier molecular flexibility index (Phi) is 3.74. The van der Waals surface area contributed by atoms with Gasteiger partial charge in [0.05, 0.1) is 5.54 Å². The molecule has 1 amide bonds. The minimum atomic E-state index is -0.451. The Hall–Kier alpha value is -1.42. The van der Waals surface area contributed by atoms with Crippen LogP contribution in [0.5, 0.6) is 0 Å². The van der Waals surface area contributed by atoms with E-state index in [9.17, 15) is 4.79 Å². The van der Waals surface area contributed by atoms with Crippen molar-refractivity contribution in [3.05, 3.63) is 30.1 Å². The Bertz CT molecular complexity index is 372. The van der Waals surface area contributed by atoms with E-state index in [0.29, 0.717) is 0 Å². The summed E-state index contributed by atoms with van der Waals surface area (Å²) in [5, 5.41) is 3.27. The molecule has 1 atom stereocenters. The standard InChI is InChI=1S/C13H19N3O/c14-12(17)13(7-2-8-16-13)6-1-3-11-4-9-15-10-5-11/h4-5,9-10,16H,1-3,6-8H2,(H2,14,17). The van der Waals surface area contributed by atoms with Gasteiger partial charge < -0.3 is 11.1 Å². The fraction of sp³-hybridized carbons (Fsp3) is 0.538. The highest BCUT2D eigenvalue weighted by molar-refractivity contribution is 5.85. The predicted octanol–water partition coefficient (Wildman–Crippen LogP) is 1.01. The van der Waals surface area contributed by atoms with Gasteiger partial charge in [0, 0.05) is 12.4 Å². The van der Waals surface area contributed by atoms with Crippen molar-refractivity contribution in [2.45, 2.75) is 37.6 Å². The molecule has 4 heteroatoms. The van der Waals surface area contributed by atoms with Gasteiger partial charge >= 0.3 is 0 Å². The Balaban J connectivity index is 1.87. The van der Waals surface area contributed by atoms with Crippen LogP contribution >= 0.6 is 0 Å². The van der Waals surface area contributed by atoms with Crippen molar-refractivity contribution in [2.75, 3.05) is 6.54 Å². The molecule has 0 spiro atoms. The molecule has 0 aromatic carbocycles. The van der Waals surface area contributed by atoms with Crippen LogP contribution in [0.3, 0.4) is 0 Å². The minimum absolute atomic E-state index is 0.204. The summed E-state index contributed by atoms with van der Waals surface area (Å²) >= 11 is 0. The lowest BCUT2D eigenvalue weighted by Crippen LogP contribution is -2.51. The second kappa shape index (κ2) is 5.27. The van der Waals surface area contributed by atoms with Crippen LogP contribution in [0.2, 0.25) is 0 Å². The number of rotatable bonds is 5. The number of aryl methyl sites for hydroxylation is 1. The van der Waals surface area contributed by atoms with Crippen LogP contribution in [-0.4, -0.2) is 23.0 Å². The number of pyridine rings is 1. The van der Waals surface area contributed by atoms with Gasteiger partial charge in [-0.05, 0) is 56.3 Å². The topological polar surface area (TPSA) is 68.0 Å². The lowest BCUT2D eigenvalue weighted by molar-refractivity contribution is -0.124. The third-order valence-electron chi connectivity index (χ3n) is 3.53. The predicted molar refractivity (Wildman–Crippen MR) is 66.3 cm³/mol. The van der Waals surface area contributed by atoms with Gasteiger partial charge in [0.2, 0.25) is 5.91 Å². The van der Waals surface area contributed by atoms with E-state index in [-0.39, 0.29) is 5.91 Å². The van der Waals surface area contributed by atoms with Crippen molar-refractivity contribution in [1.82, 2.24) is 10.3 Å². The molecule has 1 unspecified atom stereocenters. The third-order valence-corrected chi connectivity index (χ3v) is 3.53. The number of carbonyl (C=O) groups is 1. The number of aromatic nitrogens is 1. The smallest absolute Gasteiger partial charge is 0.237 e. The minimum Gasteiger partial charge on any atom is -0.368 e. The zero-order chi connectivity index (χ0) is 12.1. The van der Waals surface area contributed by atoms with Gasteiger partial charge in [-0.3, -0.25) is 9.78 Å². The number of amides is 1. The molecule has 92 valence electrons. The first-order valence-corrected chi connectivity index (χ1v) is 6.17. The van der Waals surface area contributed by atoms with Crippen molar-refractivity contribution in [3.63, 3.8) is 0 Å². The lowest BCUT2D eigenvalue weighted by Gasteiger charge is -2.25. The molecule has 4 nitrogen and oxygen atoms in total. The molecule has 1 fully saturated rings. The number of carbonyl (C=O) groups excluding carboxylic acids is 1. The molecule has 2 heterocycles. The van der Waals surface area contributed by atoms with Crippen molar-refractivity contribution in [2.24, 2.45) is 5.73 Å². The van der Waals surface area contributed by atoms with Gasteiger partial charge in [-0.2, -0.15) is 0 Å². The van der Waals surface area contributed by atoms with Crippen LogP contribution in [0.1, 0.15) is 31.2 Å². The molecule has 0 saturated carbocycles. The molecule has 3 N–H and O–H groups in total. The fourth-order valence-electron chi connectivity index (χ4n) is 2.50. The van der Waals surface area contributed by atoms with E-state index < -0.39 is 5.54 Å². The van der Waals surface area contributed by atoms with E-state index in [1.165, 1.54) is 5.56 Å². The molecular formula is C13H19N3O. The highest BCUT2D eigenvalue weighted by Crippen LogP contribution is 2.25. The fourth-order valence-corrected chi connectivity index (χ4v) is 2.50. The maximum atomic E-state index is 11.5. The van der Waals surface area contributed by atoms with Crippen LogP contribution in [0.4, 0.5) is 0 Å². The van der Waals surface area contributed by atoms with Gasteiger partial charge in [-0.1, -0.05) is 0 Å². The van der Waals surface area contributed by atoms with Crippen LogP contribution in [0.25, 0.3) is 0 Å². The highest BCUT2D eigenvalue weighted by Gasteiger charge is 2.38. The quantitative estimate of drug-likeness (QED) is 0.797. The summed E-state index contributed by atoms with van der Waals surface area (Å²) in [6, 6.07) is 4.03. The van der Waals surface area contributed by atoms with Gasteiger partial charge in [-0.25, -0.2) is 0 Å². The normalized spacial score (nSPS) is 23.8. The summed E-state index contributed by atoms with van der Waals surface area (Å²) in [7, 11) is 0. The zero-order valence-corrected chi connectivity index (χ0v) is 9.98. The van der Waals surface area contributed by atoms with E-state index in [0.717, 1.165) is 38.6 Å². The summed E-state index contributed by atoms with van der Waals surface area (Å²) in [5.41, 5.74) is 6.31. The van der Waals surface area contributed by atoms with Crippen molar-refractivity contribution in [1.29, 1.82) is 0 Å². The average Bonchev–Trinajstić information content (AvgIpc) is 2.80. The largest absolute Gasteiger partial charge is 0.368 e. The van der Waals surface area contributed by atoms with Gasteiger partial charge in [0.25, 0.3) is 0 Å². The maximum absolute atomic E-state index is 11.5. The van der Waals surface area contributed by atoms with Crippen molar-refractivity contribution < 1.29 is 4.79 Å². The van der Waals surface area contributed by atoms with Gasteiger partial charge in [-0.15, -0.1) is 0 Å². The van der Waals surface area contributed by atoms with Gasteiger partial charge in [0.15, 0.2) is 0 Å². The number of nitrogens with one attached hydrogen (secondary N) is 1. The first-order chi connectivity index (χ1) is 8.23. The molecular weight excluding hydrogens is 214 g/mol. The van der Waals surface area contributed by atoms with Crippen molar-refractivity contribution in [3.8, 4) is 0 Å². The first-order valence-electron chi connectivity index (χ1n) is 6.17. The van der Waals surface area contributed by atoms with E-state index >= 15 is 0 Å². The summed E-state index contributed by atoms with van der Waals surface area (Å²) in [6.45, 7) is 0.901. The lowest BCUT2D eigenvalue weighted by atomic mass is 9.89. The number of nitrogens with two attached hydrogens (primary N) is 1. The molecule has 0 aliphatic carbocycles. The maximum Gasteiger partial charge on any atom is 0.237 e. The second-order valence-electron chi connectivity index (χ2n) is 4.69. The molecule has 1 aliphatic rings. The van der Waals surface area contributed by atoms with E-state index in [1.807, 2.05) is 12.1 Å². The first kappa shape index (κ1) is 12.0. The van der Waals surface area contributed by atoms with Crippen LogP contribution in [0.15, 0.2) is 24.5 Å². The molecule has 2 rings (SSSR count). The summed E-state index contributed by atoms with van der Waals surface area (Å²) < 4.78 is 0. The van der Waals surface area contributed by atoms with Crippen LogP contribution in [-0.2, 0) is 11.2 Å². The number of primary amides is 1. The Morgan fingerprint density at radius 2 is 2.24 bits per heavy atom. The van der Waals surface area contributed by atoms with E-state index in [1.54, 1.807) is 12.4 Å². The molecule has 1 aromatic heterocycles. The number of hydrogen-bond acceptors (Lipinski definition) is 3. The van der Waals surface area contributed by atoms with Crippen LogP contribution in [0, 0.1) is 0 Å². The Morgan fingerprint density at radius 1 is 1.47 bits per heavy atom.